The largest absolute Gasteiger partial charge is 0.418 e. The molecular weight excluding hydrogens is 202 g/mol. The number of hydrogen-bond donors (Lipinski definition) is 3. The van der Waals surface area contributed by atoms with Crippen LogP contribution in [0.3, 0.4) is 0 Å². The van der Waals surface area contributed by atoms with Crippen LogP contribution in [0.15, 0.2) is 6.07 Å². The summed E-state index contributed by atoms with van der Waals surface area (Å²) < 4.78 is 49.5. The smallest absolute Gasteiger partial charge is 0.397 e. The Morgan fingerprint density at radius 3 is 1.93 bits per heavy atom. The molecule has 14 heavy (non-hydrogen) atoms. The molecule has 0 fully saturated rings. The second-order valence-corrected chi connectivity index (χ2v) is 2.65. The Balaban J connectivity index is 3.49. The van der Waals surface area contributed by atoms with Gasteiger partial charge in [-0.1, -0.05) is 0 Å². The quantitative estimate of drug-likeness (QED) is 0.448. The highest BCUT2D eigenvalue weighted by molar-refractivity contribution is 5.73. The van der Waals surface area contributed by atoms with Crippen LogP contribution in [-0.2, 0) is 6.18 Å². The normalized spacial score (nSPS) is 11.7. The second kappa shape index (κ2) is 2.93. The molecule has 0 aliphatic rings. The molecule has 0 saturated heterocycles. The second-order valence-electron chi connectivity index (χ2n) is 2.65. The average molecular weight is 209 g/mol. The molecule has 0 aliphatic heterocycles. The summed E-state index contributed by atoms with van der Waals surface area (Å²) in [4.78, 5) is 0. The third kappa shape index (κ3) is 1.52. The molecule has 0 saturated carbocycles. The third-order valence-corrected chi connectivity index (χ3v) is 1.68. The summed E-state index contributed by atoms with van der Waals surface area (Å²) in [6.45, 7) is 0. The molecule has 7 heteroatoms. The van der Waals surface area contributed by atoms with Crippen LogP contribution >= 0.6 is 0 Å². The van der Waals surface area contributed by atoms with Crippen molar-refractivity contribution < 1.29 is 17.6 Å². The van der Waals surface area contributed by atoms with Gasteiger partial charge in [-0.25, -0.2) is 4.39 Å². The zero-order valence-electron chi connectivity index (χ0n) is 6.82. The minimum absolute atomic E-state index is 0.482. The first kappa shape index (κ1) is 10.4. The first-order chi connectivity index (χ1) is 6.25. The van der Waals surface area contributed by atoms with Crippen molar-refractivity contribution in [1.82, 2.24) is 0 Å². The number of hydrogen-bond acceptors (Lipinski definition) is 3. The molecule has 1 aromatic rings. The van der Waals surface area contributed by atoms with Gasteiger partial charge < -0.3 is 17.2 Å². The Kier molecular flexibility index (Phi) is 2.18. The van der Waals surface area contributed by atoms with E-state index in [9.17, 15) is 17.6 Å². The summed E-state index contributed by atoms with van der Waals surface area (Å²) >= 11 is 0. The van der Waals surface area contributed by atoms with Crippen LogP contribution in [-0.4, -0.2) is 0 Å². The minimum atomic E-state index is -4.74. The standard InChI is InChI=1S/C7H7F4N3/c8-4-5(13)2(7(9,10)11)1-3(12)6(4)14/h1H,12-14H2. The van der Waals surface area contributed by atoms with E-state index < -0.39 is 34.6 Å². The van der Waals surface area contributed by atoms with E-state index >= 15 is 0 Å². The molecule has 0 amide bonds. The van der Waals surface area contributed by atoms with Gasteiger partial charge in [0.15, 0.2) is 5.82 Å². The predicted octanol–water partition coefficient (Wildman–Crippen LogP) is 1.59. The lowest BCUT2D eigenvalue weighted by Crippen LogP contribution is -2.13. The van der Waals surface area contributed by atoms with Crippen molar-refractivity contribution >= 4 is 17.1 Å². The van der Waals surface area contributed by atoms with Crippen molar-refractivity contribution in [3.8, 4) is 0 Å². The number of benzene rings is 1. The monoisotopic (exact) mass is 209 g/mol. The molecule has 0 atom stereocenters. The van der Waals surface area contributed by atoms with Gasteiger partial charge in [-0.15, -0.1) is 0 Å². The number of nitrogen functional groups attached to an aromatic ring is 3. The molecular formula is C7H7F4N3. The Labute approximate surface area is 76.5 Å². The van der Waals surface area contributed by atoms with Gasteiger partial charge in [0.2, 0.25) is 0 Å². The molecule has 0 spiro atoms. The Morgan fingerprint density at radius 1 is 1.00 bits per heavy atom. The third-order valence-electron chi connectivity index (χ3n) is 1.68. The fourth-order valence-electron chi connectivity index (χ4n) is 0.936. The van der Waals surface area contributed by atoms with Gasteiger partial charge in [-0.05, 0) is 6.07 Å². The maximum atomic E-state index is 13.0. The molecule has 0 heterocycles. The fraction of sp³-hybridized carbons (Fsp3) is 0.143. The average Bonchev–Trinajstić information content (AvgIpc) is 2.06. The lowest BCUT2D eigenvalue weighted by molar-refractivity contribution is -0.137. The van der Waals surface area contributed by atoms with E-state index in [-0.39, 0.29) is 0 Å². The van der Waals surface area contributed by atoms with E-state index in [1.165, 1.54) is 0 Å². The van der Waals surface area contributed by atoms with Crippen LogP contribution in [0.2, 0.25) is 0 Å². The summed E-state index contributed by atoms with van der Waals surface area (Å²) in [7, 11) is 0. The number of halogens is 4. The van der Waals surface area contributed by atoms with Gasteiger partial charge in [0, 0.05) is 0 Å². The summed E-state index contributed by atoms with van der Waals surface area (Å²) in [5.74, 6) is -1.34. The topological polar surface area (TPSA) is 78.1 Å². The molecule has 0 aromatic heterocycles. The van der Waals surface area contributed by atoms with Crippen LogP contribution in [0.5, 0.6) is 0 Å². The maximum Gasteiger partial charge on any atom is 0.418 e. The predicted molar refractivity (Wildman–Crippen MR) is 44.6 cm³/mol. The number of rotatable bonds is 0. The van der Waals surface area contributed by atoms with Crippen molar-refractivity contribution in [3.05, 3.63) is 17.4 Å². The van der Waals surface area contributed by atoms with Gasteiger partial charge in [0.25, 0.3) is 0 Å². The van der Waals surface area contributed by atoms with E-state index in [2.05, 4.69) is 0 Å². The van der Waals surface area contributed by atoms with Crippen molar-refractivity contribution in [1.29, 1.82) is 0 Å². The van der Waals surface area contributed by atoms with E-state index in [1.54, 1.807) is 0 Å². The summed E-state index contributed by atoms with van der Waals surface area (Å²) in [5, 5.41) is 0. The van der Waals surface area contributed by atoms with Gasteiger partial charge in [0.05, 0.1) is 22.6 Å². The van der Waals surface area contributed by atoms with Gasteiger partial charge >= 0.3 is 6.18 Å². The number of nitrogens with two attached hydrogens (primary N) is 3. The fourth-order valence-corrected chi connectivity index (χ4v) is 0.936. The van der Waals surface area contributed by atoms with Crippen molar-refractivity contribution in [3.63, 3.8) is 0 Å². The lowest BCUT2D eigenvalue weighted by atomic mass is 10.1. The Morgan fingerprint density at radius 2 is 1.50 bits per heavy atom. The Bertz CT molecular complexity index is 372. The molecule has 3 nitrogen and oxygen atoms in total. The molecule has 0 aliphatic carbocycles. The zero-order chi connectivity index (χ0) is 11.1. The maximum absolute atomic E-state index is 13.0. The SMILES string of the molecule is Nc1cc(C(F)(F)F)c(N)c(F)c1N. The molecule has 6 N–H and O–H groups in total. The highest BCUT2D eigenvalue weighted by Crippen LogP contribution is 2.38. The van der Waals surface area contributed by atoms with Crippen molar-refractivity contribution in [2.45, 2.75) is 6.18 Å². The number of anilines is 3. The molecule has 1 aromatic carbocycles. The summed E-state index contributed by atoms with van der Waals surface area (Å²) in [6.07, 6.45) is -4.74. The number of alkyl halides is 3. The first-order valence-corrected chi connectivity index (χ1v) is 3.45. The highest BCUT2D eigenvalue weighted by atomic mass is 19.4. The molecule has 0 bridgehead atoms. The van der Waals surface area contributed by atoms with Crippen LogP contribution in [0, 0.1) is 5.82 Å². The lowest BCUT2D eigenvalue weighted by Gasteiger charge is -2.13. The van der Waals surface area contributed by atoms with Crippen molar-refractivity contribution in [2.75, 3.05) is 17.2 Å². The van der Waals surface area contributed by atoms with E-state index in [0.717, 1.165) is 0 Å². The molecule has 1 rings (SSSR count). The van der Waals surface area contributed by atoms with Gasteiger partial charge in [-0.3, -0.25) is 0 Å². The first-order valence-electron chi connectivity index (χ1n) is 3.45. The molecule has 0 unspecified atom stereocenters. The van der Waals surface area contributed by atoms with Crippen molar-refractivity contribution in [2.24, 2.45) is 0 Å². The van der Waals surface area contributed by atoms with E-state index in [4.69, 9.17) is 17.2 Å². The molecule has 78 valence electrons. The highest BCUT2D eigenvalue weighted by Gasteiger charge is 2.35. The van der Waals surface area contributed by atoms with Crippen LogP contribution in [0.1, 0.15) is 5.56 Å². The summed E-state index contributed by atoms with van der Waals surface area (Å²) in [6, 6.07) is 0.508. The minimum Gasteiger partial charge on any atom is -0.397 e. The van der Waals surface area contributed by atoms with E-state index in [1.807, 2.05) is 0 Å². The van der Waals surface area contributed by atoms with Crippen LogP contribution < -0.4 is 17.2 Å². The summed E-state index contributed by atoms with van der Waals surface area (Å²) in [5.41, 5.74) is 11.6. The molecule has 0 radical (unpaired) electrons. The van der Waals surface area contributed by atoms with Crippen LogP contribution in [0.25, 0.3) is 0 Å². The zero-order valence-corrected chi connectivity index (χ0v) is 6.82. The van der Waals surface area contributed by atoms with E-state index in [0.29, 0.717) is 6.07 Å². The van der Waals surface area contributed by atoms with Gasteiger partial charge in [-0.2, -0.15) is 13.2 Å². The van der Waals surface area contributed by atoms with Crippen LogP contribution in [0.4, 0.5) is 34.6 Å². The Hall–Kier alpha value is -1.66. The van der Waals surface area contributed by atoms with Gasteiger partial charge in [0.1, 0.15) is 0 Å².